The summed E-state index contributed by atoms with van der Waals surface area (Å²) in [6.07, 6.45) is 0. The predicted octanol–water partition coefficient (Wildman–Crippen LogP) is 4.29. The number of hydrogen-bond acceptors (Lipinski definition) is 4. The van der Waals surface area contributed by atoms with Crippen LogP contribution in [0.5, 0.6) is 0 Å². The molecule has 0 radical (unpaired) electrons. The Balaban J connectivity index is 1.82. The normalized spacial score (nSPS) is 10.8. The molecule has 2 aromatic rings. The standard InChI is InChI=1S/C16H16ClF2NO2S/c17-13-8-12(2-4-14(13)18)20-10-22-9-11-1-3-15(19)16(7-11)23-6-5-21/h1-4,7-8,20-21H,5-6,9-10H2. The highest BCUT2D eigenvalue weighted by molar-refractivity contribution is 7.99. The van der Waals surface area contributed by atoms with Crippen LogP contribution in [0.3, 0.4) is 0 Å². The smallest absolute Gasteiger partial charge is 0.141 e. The second-order valence-corrected chi connectivity index (χ2v) is 6.18. The number of aliphatic hydroxyl groups is 1. The van der Waals surface area contributed by atoms with Gasteiger partial charge < -0.3 is 15.2 Å². The first-order valence-electron chi connectivity index (χ1n) is 6.89. The van der Waals surface area contributed by atoms with Crippen LogP contribution in [0.2, 0.25) is 5.02 Å². The van der Waals surface area contributed by atoms with E-state index in [4.69, 9.17) is 21.4 Å². The number of ether oxygens (including phenoxy) is 1. The lowest BCUT2D eigenvalue weighted by atomic mass is 10.2. The van der Waals surface area contributed by atoms with E-state index in [0.717, 1.165) is 5.56 Å². The van der Waals surface area contributed by atoms with Crippen molar-refractivity contribution >= 4 is 29.1 Å². The van der Waals surface area contributed by atoms with Gasteiger partial charge in [0.25, 0.3) is 0 Å². The molecule has 0 atom stereocenters. The van der Waals surface area contributed by atoms with Crippen molar-refractivity contribution in [2.45, 2.75) is 11.5 Å². The van der Waals surface area contributed by atoms with Crippen molar-refractivity contribution in [1.82, 2.24) is 0 Å². The third-order valence-electron chi connectivity index (χ3n) is 2.91. The molecule has 0 bridgehead atoms. The SMILES string of the molecule is OCCSc1cc(COCNc2ccc(F)c(Cl)c2)ccc1F. The summed E-state index contributed by atoms with van der Waals surface area (Å²) in [7, 11) is 0. The van der Waals surface area contributed by atoms with Crippen molar-refractivity contribution < 1.29 is 18.6 Å². The maximum atomic E-state index is 13.6. The van der Waals surface area contributed by atoms with E-state index < -0.39 is 5.82 Å². The summed E-state index contributed by atoms with van der Waals surface area (Å²) in [5, 5.41) is 11.8. The van der Waals surface area contributed by atoms with Gasteiger partial charge in [-0.15, -0.1) is 11.8 Å². The molecule has 0 aromatic heterocycles. The van der Waals surface area contributed by atoms with Gasteiger partial charge in [-0.05, 0) is 35.9 Å². The van der Waals surface area contributed by atoms with E-state index in [1.54, 1.807) is 18.2 Å². The number of rotatable bonds is 8. The number of anilines is 1. The topological polar surface area (TPSA) is 41.5 Å². The second kappa shape index (κ2) is 9.08. The van der Waals surface area contributed by atoms with Crippen molar-refractivity contribution in [2.24, 2.45) is 0 Å². The summed E-state index contributed by atoms with van der Waals surface area (Å²) in [5.74, 6) is -0.350. The quantitative estimate of drug-likeness (QED) is 0.419. The third-order valence-corrected chi connectivity index (χ3v) is 4.21. The van der Waals surface area contributed by atoms with Crippen LogP contribution < -0.4 is 5.32 Å². The summed E-state index contributed by atoms with van der Waals surface area (Å²) in [6, 6.07) is 9.03. The molecule has 0 saturated heterocycles. The average Bonchev–Trinajstić information content (AvgIpc) is 2.55. The van der Waals surface area contributed by atoms with Crippen molar-refractivity contribution in [3.8, 4) is 0 Å². The van der Waals surface area contributed by atoms with Crippen LogP contribution in [0.4, 0.5) is 14.5 Å². The molecule has 2 rings (SSSR count). The van der Waals surface area contributed by atoms with Gasteiger partial charge in [0.15, 0.2) is 0 Å². The largest absolute Gasteiger partial charge is 0.396 e. The van der Waals surface area contributed by atoms with Gasteiger partial charge in [0.1, 0.15) is 18.4 Å². The Morgan fingerprint density at radius 3 is 2.65 bits per heavy atom. The maximum absolute atomic E-state index is 13.6. The van der Waals surface area contributed by atoms with Gasteiger partial charge in [0, 0.05) is 16.3 Å². The molecule has 0 aliphatic heterocycles. The molecule has 0 unspecified atom stereocenters. The van der Waals surface area contributed by atoms with Crippen molar-refractivity contribution in [1.29, 1.82) is 0 Å². The van der Waals surface area contributed by atoms with Gasteiger partial charge >= 0.3 is 0 Å². The van der Waals surface area contributed by atoms with E-state index in [1.807, 2.05) is 0 Å². The zero-order valence-corrected chi connectivity index (χ0v) is 13.8. The summed E-state index contributed by atoms with van der Waals surface area (Å²) in [4.78, 5) is 0.485. The molecule has 2 N–H and O–H groups in total. The van der Waals surface area contributed by atoms with E-state index >= 15 is 0 Å². The fourth-order valence-corrected chi connectivity index (χ4v) is 2.75. The van der Waals surface area contributed by atoms with Crippen molar-refractivity contribution in [2.75, 3.05) is 24.4 Å². The molecule has 0 saturated carbocycles. The maximum Gasteiger partial charge on any atom is 0.141 e. The Hall–Kier alpha value is -1.34. The minimum Gasteiger partial charge on any atom is -0.396 e. The lowest BCUT2D eigenvalue weighted by Crippen LogP contribution is -2.06. The molecule has 124 valence electrons. The zero-order valence-electron chi connectivity index (χ0n) is 12.2. The average molecular weight is 360 g/mol. The predicted molar refractivity (Wildman–Crippen MR) is 88.9 cm³/mol. The lowest BCUT2D eigenvalue weighted by Gasteiger charge is -2.09. The highest BCUT2D eigenvalue weighted by Gasteiger charge is 2.05. The van der Waals surface area contributed by atoms with Crippen LogP contribution in [0.25, 0.3) is 0 Å². The van der Waals surface area contributed by atoms with Gasteiger partial charge in [0.2, 0.25) is 0 Å². The highest BCUT2D eigenvalue weighted by Crippen LogP contribution is 2.23. The zero-order chi connectivity index (χ0) is 16.7. The molecule has 7 heteroatoms. The summed E-state index contributed by atoms with van der Waals surface area (Å²) < 4.78 is 32.1. The number of hydrogen-bond donors (Lipinski definition) is 2. The van der Waals surface area contributed by atoms with Crippen LogP contribution in [0, 0.1) is 11.6 Å². The van der Waals surface area contributed by atoms with Gasteiger partial charge in [-0.1, -0.05) is 17.7 Å². The Morgan fingerprint density at radius 1 is 1.13 bits per heavy atom. The fraction of sp³-hybridized carbons (Fsp3) is 0.250. The monoisotopic (exact) mass is 359 g/mol. The molecule has 0 amide bonds. The van der Waals surface area contributed by atoms with Crippen LogP contribution in [-0.2, 0) is 11.3 Å². The molecule has 2 aromatic carbocycles. The number of nitrogens with one attached hydrogen (secondary N) is 1. The lowest BCUT2D eigenvalue weighted by molar-refractivity contribution is 0.138. The molecular formula is C16H16ClF2NO2S. The molecule has 0 spiro atoms. The fourth-order valence-electron chi connectivity index (χ4n) is 1.81. The Kier molecular flexibility index (Phi) is 7.11. The second-order valence-electron chi connectivity index (χ2n) is 4.64. The summed E-state index contributed by atoms with van der Waals surface area (Å²) >= 11 is 6.94. The Bertz CT molecular complexity index is 658. The molecular weight excluding hydrogens is 344 g/mol. The van der Waals surface area contributed by atoms with Crippen LogP contribution >= 0.6 is 23.4 Å². The van der Waals surface area contributed by atoms with E-state index in [1.165, 1.54) is 30.0 Å². The van der Waals surface area contributed by atoms with Gasteiger partial charge in [0.05, 0.1) is 18.2 Å². The third kappa shape index (κ3) is 5.66. The molecule has 0 heterocycles. The molecule has 0 fully saturated rings. The first-order valence-corrected chi connectivity index (χ1v) is 8.25. The number of aliphatic hydroxyl groups excluding tert-OH is 1. The van der Waals surface area contributed by atoms with E-state index in [-0.39, 0.29) is 24.2 Å². The van der Waals surface area contributed by atoms with E-state index in [9.17, 15) is 8.78 Å². The molecule has 23 heavy (non-hydrogen) atoms. The summed E-state index contributed by atoms with van der Waals surface area (Å²) in [6.45, 7) is 0.502. The van der Waals surface area contributed by atoms with Gasteiger partial charge in [-0.3, -0.25) is 0 Å². The van der Waals surface area contributed by atoms with Gasteiger partial charge in [-0.25, -0.2) is 8.78 Å². The molecule has 3 nitrogen and oxygen atoms in total. The van der Waals surface area contributed by atoms with Crippen molar-refractivity contribution in [3.05, 3.63) is 58.6 Å². The number of benzene rings is 2. The highest BCUT2D eigenvalue weighted by atomic mass is 35.5. The van der Waals surface area contributed by atoms with Gasteiger partial charge in [-0.2, -0.15) is 0 Å². The van der Waals surface area contributed by atoms with Crippen molar-refractivity contribution in [3.63, 3.8) is 0 Å². The Labute approximate surface area is 142 Å². The first kappa shape index (κ1) is 18.0. The van der Waals surface area contributed by atoms with Crippen LogP contribution in [-0.4, -0.2) is 24.2 Å². The van der Waals surface area contributed by atoms with Crippen LogP contribution in [0.1, 0.15) is 5.56 Å². The molecule has 0 aliphatic carbocycles. The van der Waals surface area contributed by atoms with E-state index in [2.05, 4.69) is 5.32 Å². The summed E-state index contributed by atoms with van der Waals surface area (Å²) in [5.41, 5.74) is 1.47. The minimum absolute atomic E-state index is 0.00498. The van der Waals surface area contributed by atoms with E-state index in [0.29, 0.717) is 22.9 Å². The number of thioether (sulfide) groups is 1. The molecule has 0 aliphatic rings. The Morgan fingerprint density at radius 2 is 1.91 bits per heavy atom. The van der Waals surface area contributed by atoms with Crippen LogP contribution in [0.15, 0.2) is 41.3 Å². The number of halogens is 3. The minimum atomic E-state index is -0.475. The first-order chi connectivity index (χ1) is 11.1.